The Labute approximate surface area is 135 Å². The van der Waals surface area contributed by atoms with Gasteiger partial charge in [-0.05, 0) is 59.4 Å². The largest absolute Gasteiger partial charge is 0.449 e. The van der Waals surface area contributed by atoms with Crippen LogP contribution in [0.4, 0.5) is 0 Å². The number of carbonyl (C=O) groups is 2. The zero-order chi connectivity index (χ0) is 14.6. The smallest absolute Gasteiger partial charge is 0.254 e. The van der Waals surface area contributed by atoms with Crippen LogP contribution in [0.3, 0.4) is 0 Å². The molecule has 6 heteroatoms. The number of amides is 2. The topological polar surface area (TPSA) is 62.9 Å². The second-order valence-electron chi connectivity index (χ2n) is 5.72. The Morgan fingerprint density at radius 1 is 1.14 bits per heavy atom. The van der Waals surface area contributed by atoms with E-state index in [0.29, 0.717) is 5.76 Å². The Hall–Kier alpha value is -1.44. The summed E-state index contributed by atoms with van der Waals surface area (Å²) in [6.45, 7) is 0. The van der Waals surface area contributed by atoms with Gasteiger partial charge in [-0.15, -0.1) is 0 Å². The Kier molecular flexibility index (Phi) is 3.02. The molecule has 21 heavy (non-hydrogen) atoms. The highest BCUT2D eigenvalue weighted by molar-refractivity contribution is 14.1. The molecule has 0 N–H and O–H groups in total. The monoisotopic (exact) mass is 396 g/mol. The highest BCUT2D eigenvalue weighted by Gasteiger charge is 2.56. The van der Waals surface area contributed by atoms with Gasteiger partial charge in [-0.25, -0.2) is 0 Å². The SMILES string of the molecule is O=C1[C@@H]2[C@H](C(=O)N1/N=C\c1ccc(I)o1)[C@@H]1C=C[C@H]2CC1. The van der Waals surface area contributed by atoms with Crippen molar-refractivity contribution in [2.45, 2.75) is 12.8 Å². The minimum Gasteiger partial charge on any atom is -0.449 e. The number of allylic oxidation sites excluding steroid dienone is 2. The Morgan fingerprint density at radius 3 is 2.24 bits per heavy atom. The molecule has 5 nitrogen and oxygen atoms in total. The van der Waals surface area contributed by atoms with Gasteiger partial charge in [-0.2, -0.15) is 10.1 Å². The summed E-state index contributed by atoms with van der Waals surface area (Å²) in [6.07, 6.45) is 7.63. The van der Waals surface area contributed by atoms with Crippen molar-refractivity contribution in [1.29, 1.82) is 0 Å². The van der Waals surface area contributed by atoms with E-state index in [0.717, 1.165) is 21.6 Å². The normalized spacial score (nSPS) is 34.2. The number of imide groups is 1. The van der Waals surface area contributed by atoms with Crippen LogP contribution in [-0.2, 0) is 9.59 Å². The molecule has 4 aliphatic rings. The second kappa shape index (κ2) is 4.79. The summed E-state index contributed by atoms with van der Waals surface area (Å²) < 4.78 is 6.10. The molecular weight excluding hydrogens is 383 g/mol. The number of hydrogen-bond donors (Lipinski definition) is 0. The average molecular weight is 396 g/mol. The molecule has 108 valence electrons. The van der Waals surface area contributed by atoms with E-state index >= 15 is 0 Å². The molecule has 0 spiro atoms. The van der Waals surface area contributed by atoms with Crippen LogP contribution >= 0.6 is 22.6 Å². The van der Waals surface area contributed by atoms with E-state index in [1.807, 2.05) is 0 Å². The van der Waals surface area contributed by atoms with Crippen molar-refractivity contribution in [2.75, 3.05) is 0 Å². The molecule has 5 rings (SSSR count). The maximum atomic E-state index is 12.5. The van der Waals surface area contributed by atoms with Gasteiger partial charge in [0.15, 0.2) is 3.77 Å². The second-order valence-corrected chi connectivity index (χ2v) is 6.78. The zero-order valence-electron chi connectivity index (χ0n) is 11.1. The first kappa shape index (κ1) is 13.2. The lowest BCUT2D eigenvalue weighted by Gasteiger charge is -2.37. The van der Waals surface area contributed by atoms with Gasteiger partial charge in [0, 0.05) is 0 Å². The van der Waals surface area contributed by atoms with Gasteiger partial charge in [0.25, 0.3) is 11.8 Å². The molecule has 2 bridgehead atoms. The average Bonchev–Trinajstić information content (AvgIpc) is 3.03. The van der Waals surface area contributed by atoms with Crippen molar-refractivity contribution < 1.29 is 14.0 Å². The predicted octanol–water partition coefficient (Wildman–Crippen LogP) is 2.42. The molecule has 2 amide bonds. The maximum Gasteiger partial charge on any atom is 0.254 e. The van der Waals surface area contributed by atoms with Gasteiger partial charge in [0.05, 0.1) is 18.1 Å². The summed E-state index contributed by atoms with van der Waals surface area (Å²) in [5.41, 5.74) is 0. The van der Waals surface area contributed by atoms with Crippen molar-refractivity contribution in [2.24, 2.45) is 28.8 Å². The highest BCUT2D eigenvalue weighted by Crippen LogP contribution is 2.49. The summed E-state index contributed by atoms with van der Waals surface area (Å²) >= 11 is 2.05. The first-order chi connectivity index (χ1) is 10.1. The lowest BCUT2D eigenvalue weighted by atomic mass is 9.63. The van der Waals surface area contributed by atoms with Gasteiger partial charge >= 0.3 is 0 Å². The van der Waals surface area contributed by atoms with E-state index in [-0.39, 0.29) is 35.5 Å². The molecule has 2 heterocycles. The summed E-state index contributed by atoms with van der Waals surface area (Å²) in [4.78, 5) is 25.0. The number of hydrogen-bond acceptors (Lipinski definition) is 4. The van der Waals surface area contributed by atoms with Crippen molar-refractivity contribution >= 4 is 40.6 Å². The number of halogens is 1. The molecule has 1 saturated heterocycles. The molecule has 1 saturated carbocycles. The van der Waals surface area contributed by atoms with Crippen LogP contribution in [0.5, 0.6) is 0 Å². The van der Waals surface area contributed by atoms with Gasteiger partial charge < -0.3 is 4.42 Å². The Bertz CT molecular complexity index is 646. The number of furan rings is 1. The summed E-state index contributed by atoms with van der Waals surface area (Å²) in [7, 11) is 0. The van der Waals surface area contributed by atoms with Crippen molar-refractivity contribution in [3.63, 3.8) is 0 Å². The van der Waals surface area contributed by atoms with Crippen LogP contribution in [0.1, 0.15) is 18.6 Å². The van der Waals surface area contributed by atoms with E-state index in [1.165, 1.54) is 6.21 Å². The van der Waals surface area contributed by atoms with Crippen molar-refractivity contribution in [1.82, 2.24) is 5.01 Å². The predicted molar refractivity (Wildman–Crippen MR) is 83.2 cm³/mol. The zero-order valence-corrected chi connectivity index (χ0v) is 13.3. The van der Waals surface area contributed by atoms with Crippen LogP contribution in [0, 0.1) is 27.4 Å². The fraction of sp³-hybridized carbons (Fsp3) is 0.400. The Balaban J connectivity index is 1.62. The molecule has 3 aliphatic carbocycles. The van der Waals surface area contributed by atoms with Gasteiger partial charge in [0.2, 0.25) is 0 Å². The molecule has 0 radical (unpaired) electrons. The minimum atomic E-state index is -0.213. The third kappa shape index (κ3) is 1.99. The van der Waals surface area contributed by atoms with Crippen LogP contribution in [0.25, 0.3) is 0 Å². The van der Waals surface area contributed by atoms with E-state index < -0.39 is 0 Å². The highest BCUT2D eigenvalue weighted by atomic mass is 127. The first-order valence-corrected chi connectivity index (χ1v) is 8.08. The molecule has 0 unspecified atom stereocenters. The first-order valence-electron chi connectivity index (χ1n) is 7.00. The molecule has 0 aromatic carbocycles. The van der Waals surface area contributed by atoms with Crippen LogP contribution < -0.4 is 0 Å². The number of hydrazone groups is 1. The summed E-state index contributed by atoms with van der Waals surface area (Å²) in [6, 6.07) is 3.56. The van der Waals surface area contributed by atoms with E-state index in [2.05, 4.69) is 39.8 Å². The van der Waals surface area contributed by atoms with Crippen molar-refractivity contribution in [3.8, 4) is 0 Å². The fourth-order valence-corrected chi connectivity index (χ4v) is 4.12. The standard InChI is InChI=1S/C15H13IN2O3/c16-11-6-5-10(21-11)7-17-18-14(19)12-8-1-2-9(4-3-8)13(12)15(18)20/h1-2,5-9,12-13H,3-4H2/b17-7-/t8-,9+,12-,13+. The Morgan fingerprint density at radius 2 is 1.76 bits per heavy atom. The summed E-state index contributed by atoms with van der Waals surface area (Å²) in [5.74, 6) is 0.173. The maximum absolute atomic E-state index is 12.5. The molecule has 4 atom stereocenters. The van der Waals surface area contributed by atoms with E-state index in [4.69, 9.17) is 4.42 Å². The molecule has 1 aromatic rings. The van der Waals surface area contributed by atoms with Crippen molar-refractivity contribution in [3.05, 3.63) is 33.8 Å². The molecule has 2 fully saturated rings. The summed E-state index contributed by atoms with van der Waals surface area (Å²) in [5, 5.41) is 5.12. The van der Waals surface area contributed by atoms with E-state index in [1.54, 1.807) is 12.1 Å². The van der Waals surface area contributed by atoms with Crippen LogP contribution in [0.2, 0.25) is 0 Å². The number of carbonyl (C=O) groups excluding carboxylic acids is 2. The number of fused-ring (bicyclic) bond motifs is 1. The van der Waals surface area contributed by atoms with Gasteiger partial charge in [-0.1, -0.05) is 12.2 Å². The number of rotatable bonds is 2. The van der Waals surface area contributed by atoms with E-state index in [9.17, 15) is 9.59 Å². The molecule has 1 aliphatic heterocycles. The lowest BCUT2D eigenvalue weighted by molar-refractivity contribution is -0.140. The van der Waals surface area contributed by atoms with Crippen LogP contribution in [0.15, 0.2) is 33.8 Å². The molecular formula is C15H13IN2O3. The third-order valence-electron chi connectivity index (χ3n) is 4.63. The number of nitrogens with zero attached hydrogens (tertiary/aromatic N) is 2. The van der Waals surface area contributed by atoms with Gasteiger partial charge in [-0.3, -0.25) is 9.59 Å². The van der Waals surface area contributed by atoms with Gasteiger partial charge in [0.1, 0.15) is 5.76 Å². The minimum absolute atomic E-state index is 0.165. The van der Waals surface area contributed by atoms with Crippen LogP contribution in [-0.4, -0.2) is 23.0 Å². The third-order valence-corrected chi connectivity index (χ3v) is 5.21. The fourth-order valence-electron chi connectivity index (χ4n) is 3.68. The lowest BCUT2D eigenvalue weighted by Crippen LogP contribution is -2.38. The quantitative estimate of drug-likeness (QED) is 0.334. The molecule has 1 aromatic heterocycles.